The Bertz CT molecular complexity index is 437. The fraction of sp³-hybridized carbons (Fsp3) is 0.417. The summed E-state index contributed by atoms with van der Waals surface area (Å²) in [7, 11) is 0. The van der Waals surface area contributed by atoms with Crippen molar-refractivity contribution >= 4 is 28.9 Å². The highest BCUT2D eigenvalue weighted by atomic mass is 35.5. The van der Waals surface area contributed by atoms with E-state index >= 15 is 0 Å². The van der Waals surface area contributed by atoms with Gasteiger partial charge in [-0.1, -0.05) is 18.5 Å². The van der Waals surface area contributed by atoms with Crippen LogP contribution in [0.1, 0.15) is 13.3 Å². The monoisotopic (exact) mass is 254 g/mol. The van der Waals surface area contributed by atoms with Crippen LogP contribution >= 0.6 is 11.6 Å². The van der Waals surface area contributed by atoms with Gasteiger partial charge < -0.3 is 15.8 Å². The van der Waals surface area contributed by atoms with E-state index in [-0.39, 0.29) is 17.9 Å². The summed E-state index contributed by atoms with van der Waals surface area (Å²) >= 11 is 5.81. The van der Waals surface area contributed by atoms with Gasteiger partial charge in [0.2, 0.25) is 0 Å². The van der Waals surface area contributed by atoms with Gasteiger partial charge in [0.25, 0.3) is 5.91 Å². The van der Waals surface area contributed by atoms with E-state index in [1.54, 1.807) is 18.2 Å². The van der Waals surface area contributed by atoms with Gasteiger partial charge in [0.05, 0.1) is 10.7 Å². The molecule has 1 aromatic carbocycles. The zero-order valence-electron chi connectivity index (χ0n) is 9.57. The Morgan fingerprint density at radius 3 is 2.94 bits per heavy atom. The third kappa shape index (κ3) is 2.70. The number of halogens is 1. The summed E-state index contributed by atoms with van der Waals surface area (Å²) in [5, 5.41) is 3.26. The van der Waals surface area contributed by atoms with Crippen molar-refractivity contribution in [3.63, 3.8) is 0 Å². The lowest BCUT2D eigenvalue weighted by atomic mass is 10.0. The van der Waals surface area contributed by atoms with Gasteiger partial charge >= 0.3 is 0 Å². The van der Waals surface area contributed by atoms with Crippen molar-refractivity contribution < 1.29 is 9.53 Å². The molecular weight excluding hydrogens is 240 g/mol. The number of nitrogen functional groups attached to an aromatic ring is 1. The Hall–Kier alpha value is -1.26. The lowest BCUT2D eigenvalue weighted by molar-refractivity contribution is -0.126. The molecule has 17 heavy (non-hydrogen) atoms. The zero-order valence-corrected chi connectivity index (χ0v) is 10.3. The number of nitrogens with one attached hydrogen (secondary N) is 1. The number of rotatable bonds is 2. The number of ether oxygens (including phenoxy) is 1. The largest absolute Gasteiger partial charge is 0.397 e. The number of carbonyl (C=O) groups excluding carboxylic acids is 1. The van der Waals surface area contributed by atoms with E-state index in [2.05, 4.69) is 5.32 Å². The second-order valence-corrected chi connectivity index (χ2v) is 4.69. The summed E-state index contributed by atoms with van der Waals surface area (Å²) in [5.41, 5.74) is 6.75. The van der Waals surface area contributed by atoms with E-state index in [0.717, 1.165) is 6.42 Å². The van der Waals surface area contributed by atoms with Gasteiger partial charge in [-0.05, 0) is 30.5 Å². The summed E-state index contributed by atoms with van der Waals surface area (Å²) in [6.45, 7) is 2.65. The number of benzene rings is 1. The molecule has 0 radical (unpaired) electrons. The normalized spacial score (nSPS) is 23.6. The van der Waals surface area contributed by atoms with Crippen molar-refractivity contribution in [2.45, 2.75) is 19.4 Å². The van der Waals surface area contributed by atoms with Gasteiger partial charge in [-0.2, -0.15) is 0 Å². The van der Waals surface area contributed by atoms with Crippen LogP contribution in [-0.4, -0.2) is 18.6 Å². The van der Waals surface area contributed by atoms with Crippen LogP contribution in [0.3, 0.4) is 0 Å². The molecule has 1 aliphatic heterocycles. The van der Waals surface area contributed by atoms with Crippen LogP contribution in [0.5, 0.6) is 0 Å². The Balaban J connectivity index is 2.05. The molecule has 0 spiro atoms. The van der Waals surface area contributed by atoms with Crippen LogP contribution in [0.4, 0.5) is 11.4 Å². The molecule has 0 aliphatic carbocycles. The molecule has 4 nitrogen and oxygen atoms in total. The van der Waals surface area contributed by atoms with Crippen LogP contribution in [0.25, 0.3) is 0 Å². The summed E-state index contributed by atoms with van der Waals surface area (Å²) in [6.07, 6.45) is 0.549. The molecule has 0 saturated carbocycles. The van der Waals surface area contributed by atoms with Crippen molar-refractivity contribution in [2.75, 3.05) is 17.7 Å². The van der Waals surface area contributed by atoms with Crippen molar-refractivity contribution in [1.82, 2.24) is 0 Å². The number of carbonyl (C=O) groups is 1. The van der Waals surface area contributed by atoms with Gasteiger partial charge in [0.1, 0.15) is 6.10 Å². The van der Waals surface area contributed by atoms with E-state index in [1.807, 2.05) is 6.92 Å². The summed E-state index contributed by atoms with van der Waals surface area (Å²) in [4.78, 5) is 11.9. The molecule has 0 bridgehead atoms. The average molecular weight is 255 g/mol. The average Bonchev–Trinajstić information content (AvgIpc) is 2.70. The van der Waals surface area contributed by atoms with Crippen molar-refractivity contribution in [2.24, 2.45) is 5.92 Å². The van der Waals surface area contributed by atoms with Gasteiger partial charge in [0.15, 0.2) is 0 Å². The smallest absolute Gasteiger partial charge is 0.253 e. The number of amides is 1. The molecule has 1 fully saturated rings. The number of hydrogen-bond donors (Lipinski definition) is 2. The predicted octanol–water partition coefficient (Wildman–Crippen LogP) is 2.29. The fourth-order valence-electron chi connectivity index (χ4n) is 1.87. The third-order valence-electron chi connectivity index (χ3n) is 2.91. The second-order valence-electron chi connectivity index (χ2n) is 4.28. The van der Waals surface area contributed by atoms with E-state index in [9.17, 15) is 4.79 Å². The number of anilines is 2. The van der Waals surface area contributed by atoms with Gasteiger partial charge in [-0.3, -0.25) is 4.79 Å². The second kappa shape index (κ2) is 4.94. The summed E-state index contributed by atoms with van der Waals surface area (Å²) < 4.78 is 5.38. The summed E-state index contributed by atoms with van der Waals surface area (Å²) in [6, 6.07) is 5.02. The molecule has 1 aliphatic rings. The Kier molecular flexibility index (Phi) is 3.54. The van der Waals surface area contributed by atoms with Gasteiger partial charge in [-0.15, -0.1) is 0 Å². The van der Waals surface area contributed by atoms with Crippen molar-refractivity contribution in [1.29, 1.82) is 0 Å². The Morgan fingerprint density at radius 1 is 1.59 bits per heavy atom. The molecule has 1 saturated heterocycles. The molecule has 5 heteroatoms. The van der Waals surface area contributed by atoms with Crippen LogP contribution in [0, 0.1) is 5.92 Å². The minimum atomic E-state index is -0.369. The van der Waals surface area contributed by atoms with Crippen LogP contribution < -0.4 is 11.1 Å². The molecule has 2 rings (SSSR count). The highest BCUT2D eigenvalue weighted by Crippen LogP contribution is 2.24. The quantitative estimate of drug-likeness (QED) is 0.796. The first-order valence-corrected chi connectivity index (χ1v) is 5.93. The molecule has 2 atom stereocenters. The Labute approximate surface area is 105 Å². The maximum absolute atomic E-state index is 11.9. The van der Waals surface area contributed by atoms with Crippen LogP contribution in [0.15, 0.2) is 18.2 Å². The van der Waals surface area contributed by atoms with Crippen molar-refractivity contribution in [3.8, 4) is 0 Å². The highest BCUT2D eigenvalue weighted by molar-refractivity contribution is 6.33. The van der Waals surface area contributed by atoms with Gasteiger partial charge in [0, 0.05) is 12.3 Å². The molecule has 3 N–H and O–H groups in total. The molecule has 1 amide bonds. The number of hydrogen-bond acceptors (Lipinski definition) is 3. The minimum absolute atomic E-state index is 0.128. The molecule has 2 unspecified atom stereocenters. The maximum atomic E-state index is 11.9. The van der Waals surface area contributed by atoms with E-state index < -0.39 is 0 Å². The molecular formula is C12H15ClN2O2. The molecule has 92 valence electrons. The zero-order chi connectivity index (χ0) is 12.4. The molecule has 1 aromatic rings. The Morgan fingerprint density at radius 2 is 2.35 bits per heavy atom. The first kappa shape index (κ1) is 12.2. The lowest BCUT2D eigenvalue weighted by Gasteiger charge is -2.14. The van der Waals surface area contributed by atoms with Crippen LogP contribution in [0.2, 0.25) is 5.02 Å². The van der Waals surface area contributed by atoms with E-state index in [0.29, 0.717) is 23.0 Å². The molecule has 1 heterocycles. The molecule has 0 aromatic heterocycles. The highest BCUT2D eigenvalue weighted by Gasteiger charge is 2.30. The van der Waals surface area contributed by atoms with Crippen LogP contribution in [-0.2, 0) is 9.53 Å². The minimum Gasteiger partial charge on any atom is -0.397 e. The maximum Gasteiger partial charge on any atom is 0.253 e. The van der Waals surface area contributed by atoms with E-state index in [1.165, 1.54) is 0 Å². The van der Waals surface area contributed by atoms with Gasteiger partial charge in [-0.25, -0.2) is 0 Å². The van der Waals surface area contributed by atoms with Crippen molar-refractivity contribution in [3.05, 3.63) is 23.2 Å². The fourth-order valence-corrected chi connectivity index (χ4v) is 1.98. The number of nitrogens with two attached hydrogens (primary N) is 1. The van der Waals surface area contributed by atoms with E-state index in [4.69, 9.17) is 22.1 Å². The first-order valence-electron chi connectivity index (χ1n) is 5.55. The lowest BCUT2D eigenvalue weighted by Crippen LogP contribution is -2.31. The summed E-state index contributed by atoms with van der Waals surface area (Å²) in [5.74, 6) is 0.122. The topological polar surface area (TPSA) is 64.3 Å². The first-order chi connectivity index (χ1) is 8.08. The standard InChI is InChI=1S/C12H15ClN2O2/c1-7-4-5-17-11(7)12(16)15-8-2-3-9(13)10(14)6-8/h2-3,6-7,11H,4-5,14H2,1H3,(H,15,16). The third-order valence-corrected chi connectivity index (χ3v) is 3.25. The SMILES string of the molecule is CC1CCOC1C(=O)Nc1ccc(Cl)c(N)c1. The predicted molar refractivity (Wildman–Crippen MR) is 68.0 cm³/mol.